The molecule has 0 atom stereocenters. The van der Waals surface area contributed by atoms with Crippen LogP contribution in [0.5, 0.6) is 0 Å². The fourth-order valence-corrected chi connectivity index (χ4v) is 4.42. The lowest BCUT2D eigenvalue weighted by molar-refractivity contribution is -0.116. The maximum atomic E-state index is 12.3. The summed E-state index contributed by atoms with van der Waals surface area (Å²) in [6.45, 7) is 0.0390. The number of rotatable bonds is 9. The Kier molecular flexibility index (Phi) is 6.86. The van der Waals surface area contributed by atoms with Crippen molar-refractivity contribution in [3.05, 3.63) is 69.8 Å². The van der Waals surface area contributed by atoms with Crippen molar-refractivity contribution in [1.82, 2.24) is 4.72 Å². The molecule has 2 heterocycles. The maximum Gasteiger partial charge on any atom is 0.240 e. The van der Waals surface area contributed by atoms with Gasteiger partial charge in [0.05, 0.1) is 26.9 Å². The molecule has 7 nitrogen and oxygen atoms in total. The van der Waals surface area contributed by atoms with E-state index in [1.807, 2.05) is 0 Å². The molecule has 0 bridgehead atoms. The van der Waals surface area contributed by atoms with Gasteiger partial charge < -0.3 is 9.73 Å². The second-order valence-electron chi connectivity index (χ2n) is 6.00. The van der Waals surface area contributed by atoms with Gasteiger partial charge in [0.15, 0.2) is 5.78 Å². The van der Waals surface area contributed by atoms with Crippen LogP contribution < -0.4 is 10.0 Å². The van der Waals surface area contributed by atoms with Gasteiger partial charge in [0.25, 0.3) is 0 Å². The van der Waals surface area contributed by atoms with Crippen LogP contribution in [-0.2, 0) is 21.4 Å². The Morgan fingerprint density at radius 3 is 2.41 bits per heavy atom. The summed E-state index contributed by atoms with van der Waals surface area (Å²) in [5, 5.41) is 2.64. The fourth-order valence-electron chi connectivity index (χ4n) is 2.42. The van der Waals surface area contributed by atoms with Crippen molar-refractivity contribution in [2.24, 2.45) is 0 Å². The number of ketones is 1. The zero-order chi connectivity index (χ0) is 20.9. The van der Waals surface area contributed by atoms with Crippen molar-refractivity contribution >= 4 is 50.3 Å². The molecule has 0 spiro atoms. The second kappa shape index (κ2) is 9.36. The van der Waals surface area contributed by atoms with E-state index in [1.165, 1.54) is 41.9 Å². The SMILES string of the molecule is O=C(CCC(=O)c1ccc(Cl)s1)Nc1ccc(S(=O)(=O)NCc2ccco2)cc1. The number of furan rings is 1. The molecule has 0 radical (unpaired) electrons. The molecule has 1 amide bonds. The normalized spacial score (nSPS) is 11.3. The highest BCUT2D eigenvalue weighted by molar-refractivity contribution is 7.89. The molecule has 2 aromatic heterocycles. The monoisotopic (exact) mass is 452 g/mol. The van der Waals surface area contributed by atoms with Gasteiger partial charge in [0.2, 0.25) is 15.9 Å². The Morgan fingerprint density at radius 1 is 1.03 bits per heavy atom. The summed E-state index contributed by atoms with van der Waals surface area (Å²) in [4.78, 5) is 24.6. The first-order valence-corrected chi connectivity index (χ1v) is 11.2. The highest BCUT2D eigenvalue weighted by Gasteiger charge is 2.15. The molecule has 29 heavy (non-hydrogen) atoms. The number of carbonyl (C=O) groups excluding carboxylic acids is 2. The van der Waals surface area contributed by atoms with Gasteiger partial charge in [0, 0.05) is 18.5 Å². The van der Waals surface area contributed by atoms with E-state index in [-0.39, 0.29) is 36.0 Å². The number of nitrogens with one attached hydrogen (secondary N) is 2. The number of thiophene rings is 1. The molecule has 0 unspecified atom stereocenters. The van der Waals surface area contributed by atoms with Gasteiger partial charge in [-0.25, -0.2) is 13.1 Å². The Balaban J connectivity index is 1.51. The minimum Gasteiger partial charge on any atom is -0.468 e. The lowest BCUT2D eigenvalue weighted by Gasteiger charge is -2.08. The van der Waals surface area contributed by atoms with Gasteiger partial charge >= 0.3 is 0 Å². The third-order valence-electron chi connectivity index (χ3n) is 3.89. The van der Waals surface area contributed by atoms with Crippen molar-refractivity contribution in [3.63, 3.8) is 0 Å². The largest absolute Gasteiger partial charge is 0.468 e. The quantitative estimate of drug-likeness (QED) is 0.476. The third kappa shape index (κ3) is 6.01. The minimum atomic E-state index is -3.71. The molecular formula is C19H17ClN2O5S2. The summed E-state index contributed by atoms with van der Waals surface area (Å²) in [5.41, 5.74) is 0.437. The summed E-state index contributed by atoms with van der Waals surface area (Å²) in [6, 6.07) is 12.4. The highest BCUT2D eigenvalue weighted by Crippen LogP contribution is 2.23. The van der Waals surface area contributed by atoms with Crippen LogP contribution in [0.15, 0.2) is 64.1 Å². The average Bonchev–Trinajstić information content (AvgIpc) is 3.37. The van der Waals surface area contributed by atoms with Crippen LogP contribution in [0.3, 0.4) is 0 Å². The summed E-state index contributed by atoms with van der Waals surface area (Å²) in [7, 11) is -3.71. The zero-order valence-electron chi connectivity index (χ0n) is 15.1. The van der Waals surface area contributed by atoms with E-state index in [9.17, 15) is 18.0 Å². The maximum absolute atomic E-state index is 12.3. The topological polar surface area (TPSA) is 105 Å². The number of benzene rings is 1. The molecular weight excluding hydrogens is 436 g/mol. The molecule has 0 aliphatic heterocycles. The standard InChI is InChI=1S/C19H17ClN2O5S2/c20-18-9-8-17(28-18)16(23)7-10-19(24)22-13-3-5-15(6-4-13)29(25,26)21-12-14-2-1-11-27-14/h1-6,8-9,11,21H,7,10,12H2,(H,22,24). The van der Waals surface area contributed by atoms with E-state index in [0.717, 1.165) is 0 Å². The van der Waals surface area contributed by atoms with E-state index in [2.05, 4.69) is 10.0 Å². The lowest BCUT2D eigenvalue weighted by atomic mass is 10.2. The second-order valence-corrected chi connectivity index (χ2v) is 9.49. The van der Waals surface area contributed by atoms with Crippen LogP contribution in [0.4, 0.5) is 5.69 Å². The minimum absolute atomic E-state index is 0.0130. The summed E-state index contributed by atoms with van der Waals surface area (Å²) in [6.07, 6.45) is 1.54. The number of hydrogen-bond acceptors (Lipinski definition) is 6. The summed E-state index contributed by atoms with van der Waals surface area (Å²) >= 11 is 6.97. The Morgan fingerprint density at radius 2 is 1.79 bits per heavy atom. The molecule has 1 aromatic carbocycles. The van der Waals surface area contributed by atoms with Gasteiger partial charge in [-0.1, -0.05) is 11.6 Å². The number of anilines is 1. The molecule has 0 aliphatic rings. The third-order valence-corrected chi connectivity index (χ3v) is 6.58. The Bertz CT molecular complexity index is 1090. The van der Waals surface area contributed by atoms with Gasteiger partial charge in [-0.15, -0.1) is 11.3 Å². The molecule has 0 saturated heterocycles. The summed E-state index contributed by atoms with van der Waals surface area (Å²) < 4.78 is 32.6. The first kappa shape index (κ1) is 21.3. The molecule has 0 saturated carbocycles. The van der Waals surface area contributed by atoms with E-state index in [1.54, 1.807) is 24.3 Å². The fraction of sp³-hybridized carbons (Fsp3) is 0.158. The van der Waals surface area contributed by atoms with Crippen LogP contribution >= 0.6 is 22.9 Å². The number of halogens is 1. The van der Waals surface area contributed by atoms with Gasteiger partial charge in [-0.2, -0.15) is 0 Å². The smallest absolute Gasteiger partial charge is 0.240 e. The molecule has 10 heteroatoms. The van der Waals surface area contributed by atoms with E-state index < -0.39 is 10.0 Å². The predicted octanol–water partition coefficient (Wildman–Crippen LogP) is 4.07. The summed E-state index contributed by atoms with van der Waals surface area (Å²) in [5.74, 6) is 0.00510. The van der Waals surface area contributed by atoms with Crippen LogP contribution in [0.2, 0.25) is 4.34 Å². The van der Waals surface area contributed by atoms with Gasteiger partial charge in [-0.05, 0) is 48.5 Å². The van der Waals surface area contributed by atoms with Gasteiger partial charge in [-0.3, -0.25) is 9.59 Å². The molecule has 0 aliphatic carbocycles. The first-order chi connectivity index (χ1) is 13.8. The molecule has 152 valence electrons. The van der Waals surface area contributed by atoms with Crippen molar-refractivity contribution in [1.29, 1.82) is 0 Å². The Hall–Kier alpha value is -2.46. The van der Waals surface area contributed by atoms with Gasteiger partial charge in [0.1, 0.15) is 5.76 Å². The molecule has 0 fully saturated rings. The average molecular weight is 453 g/mol. The van der Waals surface area contributed by atoms with Crippen LogP contribution in [0.1, 0.15) is 28.3 Å². The molecule has 3 aromatic rings. The van der Waals surface area contributed by atoms with Crippen molar-refractivity contribution in [2.75, 3.05) is 5.32 Å². The predicted molar refractivity (Wildman–Crippen MR) is 111 cm³/mol. The van der Waals surface area contributed by atoms with Crippen molar-refractivity contribution < 1.29 is 22.4 Å². The molecule has 2 N–H and O–H groups in total. The number of amides is 1. The van der Waals surface area contributed by atoms with E-state index >= 15 is 0 Å². The number of carbonyl (C=O) groups is 2. The van der Waals surface area contributed by atoms with Crippen LogP contribution in [-0.4, -0.2) is 20.1 Å². The highest BCUT2D eigenvalue weighted by atomic mass is 35.5. The Labute approximate surface area is 176 Å². The van der Waals surface area contributed by atoms with E-state index in [4.69, 9.17) is 16.0 Å². The first-order valence-electron chi connectivity index (χ1n) is 8.54. The van der Waals surface area contributed by atoms with Crippen molar-refractivity contribution in [3.8, 4) is 0 Å². The van der Waals surface area contributed by atoms with E-state index in [0.29, 0.717) is 20.7 Å². The number of hydrogen-bond donors (Lipinski definition) is 2. The number of Topliss-reactive ketones (excluding diaryl/α,β-unsaturated/α-hetero) is 1. The van der Waals surface area contributed by atoms with Crippen LogP contribution in [0, 0.1) is 0 Å². The lowest BCUT2D eigenvalue weighted by Crippen LogP contribution is -2.23. The van der Waals surface area contributed by atoms with Crippen molar-refractivity contribution in [2.45, 2.75) is 24.3 Å². The zero-order valence-corrected chi connectivity index (χ0v) is 17.4. The number of sulfonamides is 1. The molecule has 3 rings (SSSR count). The van der Waals surface area contributed by atoms with Crippen LogP contribution in [0.25, 0.3) is 0 Å².